The van der Waals surface area contributed by atoms with Crippen LogP contribution in [-0.2, 0) is 6.54 Å². The summed E-state index contributed by atoms with van der Waals surface area (Å²) in [7, 11) is 0. The molecule has 110 valence electrons. The van der Waals surface area contributed by atoms with Gasteiger partial charge in [0.15, 0.2) is 5.84 Å². The highest BCUT2D eigenvalue weighted by molar-refractivity contribution is 6.33. The van der Waals surface area contributed by atoms with Crippen LogP contribution in [0.4, 0.5) is 10.1 Å². The van der Waals surface area contributed by atoms with Gasteiger partial charge in [0.1, 0.15) is 5.82 Å². The SMILES string of the molecule is N/C(=N/O)c1ccc(CNc2c(F)cccc2Cl)c(Cl)c1. The minimum atomic E-state index is -0.438. The van der Waals surface area contributed by atoms with E-state index in [1.807, 2.05) is 0 Å². The first-order chi connectivity index (χ1) is 10.0. The summed E-state index contributed by atoms with van der Waals surface area (Å²) in [4.78, 5) is 0. The molecule has 0 amide bonds. The fraction of sp³-hybridized carbons (Fsp3) is 0.0714. The highest BCUT2D eigenvalue weighted by atomic mass is 35.5. The molecule has 2 aromatic rings. The molecule has 0 aliphatic carbocycles. The van der Waals surface area contributed by atoms with Gasteiger partial charge in [-0.2, -0.15) is 0 Å². The number of para-hydroxylation sites is 1. The number of anilines is 1. The van der Waals surface area contributed by atoms with E-state index in [1.165, 1.54) is 12.1 Å². The summed E-state index contributed by atoms with van der Waals surface area (Å²) in [6, 6.07) is 9.37. The zero-order chi connectivity index (χ0) is 15.4. The Morgan fingerprint density at radius 1 is 1.24 bits per heavy atom. The summed E-state index contributed by atoms with van der Waals surface area (Å²) in [5, 5.41) is 15.1. The molecule has 0 fully saturated rings. The van der Waals surface area contributed by atoms with Gasteiger partial charge in [0.2, 0.25) is 0 Å². The van der Waals surface area contributed by atoms with Gasteiger partial charge in [-0.15, -0.1) is 0 Å². The summed E-state index contributed by atoms with van der Waals surface area (Å²) in [6.45, 7) is 0.288. The monoisotopic (exact) mass is 327 g/mol. The number of nitrogens with zero attached hydrogens (tertiary/aromatic N) is 1. The molecule has 2 aromatic carbocycles. The fourth-order valence-electron chi connectivity index (χ4n) is 1.76. The van der Waals surface area contributed by atoms with Crippen molar-refractivity contribution in [3.8, 4) is 0 Å². The molecule has 0 atom stereocenters. The van der Waals surface area contributed by atoms with Crippen molar-refractivity contribution in [2.75, 3.05) is 5.32 Å². The fourth-order valence-corrected chi connectivity index (χ4v) is 2.24. The molecule has 0 heterocycles. The maximum Gasteiger partial charge on any atom is 0.170 e. The predicted octanol–water partition coefficient (Wildman–Crippen LogP) is 3.84. The van der Waals surface area contributed by atoms with Gasteiger partial charge in [-0.05, 0) is 23.8 Å². The summed E-state index contributed by atoms with van der Waals surface area (Å²) in [5.74, 6) is -0.472. The van der Waals surface area contributed by atoms with Gasteiger partial charge in [0, 0.05) is 17.1 Å². The van der Waals surface area contributed by atoms with Crippen LogP contribution in [0, 0.1) is 5.82 Å². The third-order valence-corrected chi connectivity index (χ3v) is 3.54. The number of hydrogen-bond donors (Lipinski definition) is 3. The summed E-state index contributed by atoms with van der Waals surface area (Å²) in [5.41, 5.74) is 6.92. The number of nitrogens with one attached hydrogen (secondary N) is 1. The Morgan fingerprint density at radius 2 is 2.00 bits per heavy atom. The van der Waals surface area contributed by atoms with Crippen molar-refractivity contribution < 1.29 is 9.60 Å². The van der Waals surface area contributed by atoms with Gasteiger partial charge in [0.05, 0.1) is 10.7 Å². The molecular weight excluding hydrogens is 316 g/mol. The number of halogens is 3. The van der Waals surface area contributed by atoms with E-state index in [0.717, 1.165) is 5.56 Å². The highest BCUT2D eigenvalue weighted by Crippen LogP contribution is 2.26. The Hall–Kier alpha value is -1.98. The van der Waals surface area contributed by atoms with Gasteiger partial charge in [-0.1, -0.05) is 46.6 Å². The molecule has 0 spiro atoms. The molecule has 2 rings (SSSR count). The Kier molecular flexibility index (Phi) is 4.88. The number of rotatable bonds is 4. The number of nitrogens with two attached hydrogens (primary N) is 1. The topological polar surface area (TPSA) is 70.6 Å². The first kappa shape index (κ1) is 15.4. The molecule has 0 aliphatic heterocycles. The minimum Gasteiger partial charge on any atom is -0.409 e. The molecule has 0 bridgehead atoms. The molecule has 4 nitrogen and oxygen atoms in total. The van der Waals surface area contributed by atoms with Crippen LogP contribution in [0.25, 0.3) is 0 Å². The zero-order valence-corrected chi connectivity index (χ0v) is 12.3. The van der Waals surface area contributed by atoms with Crippen LogP contribution >= 0.6 is 23.2 Å². The van der Waals surface area contributed by atoms with Gasteiger partial charge in [-0.3, -0.25) is 0 Å². The lowest BCUT2D eigenvalue weighted by Gasteiger charge is -2.11. The maximum absolute atomic E-state index is 13.6. The highest BCUT2D eigenvalue weighted by Gasteiger charge is 2.09. The lowest BCUT2D eigenvalue weighted by atomic mass is 10.1. The largest absolute Gasteiger partial charge is 0.409 e. The Labute approximate surface area is 131 Å². The van der Waals surface area contributed by atoms with E-state index in [4.69, 9.17) is 34.1 Å². The van der Waals surface area contributed by atoms with Gasteiger partial charge in [-0.25, -0.2) is 4.39 Å². The van der Waals surface area contributed by atoms with E-state index >= 15 is 0 Å². The second-order valence-corrected chi connectivity index (χ2v) is 5.06. The molecule has 0 radical (unpaired) electrons. The Morgan fingerprint density at radius 3 is 2.62 bits per heavy atom. The third kappa shape index (κ3) is 3.56. The average molecular weight is 328 g/mol. The molecular formula is C14H12Cl2FN3O. The molecule has 0 saturated heterocycles. The third-order valence-electron chi connectivity index (χ3n) is 2.87. The normalized spacial score (nSPS) is 11.5. The number of amidine groups is 1. The Bertz CT molecular complexity index is 672. The van der Waals surface area contributed by atoms with Crippen LogP contribution in [0.1, 0.15) is 11.1 Å². The lowest BCUT2D eigenvalue weighted by molar-refractivity contribution is 0.318. The van der Waals surface area contributed by atoms with Crippen molar-refractivity contribution >= 4 is 34.7 Å². The number of hydrogen-bond acceptors (Lipinski definition) is 3. The van der Waals surface area contributed by atoms with Crippen LogP contribution in [0.3, 0.4) is 0 Å². The second kappa shape index (κ2) is 6.65. The van der Waals surface area contributed by atoms with E-state index in [9.17, 15) is 4.39 Å². The molecule has 21 heavy (non-hydrogen) atoms. The average Bonchev–Trinajstić information content (AvgIpc) is 2.47. The smallest absolute Gasteiger partial charge is 0.170 e. The van der Waals surface area contributed by atoms with Crippen LogP contribution in [-0.4, -0.2) is 11.0 Å². The summed E-state index contributed by atoms with van der Waals surface area (Å²) < 4.78 is 13.6. The first-order valence-corrected chi connectivity index (χ1v) is 6.72. The van der Waals surface area contributed by atoms with Crippen molar-refractivity contribution in [3.05, 3.63) is 63.4 Å². The van der Waals surface area contributed by atoms with Crippen molar-refractivity contribution in [2.24, 2.45) is 10.9 Å². The van der Waals surface area contributed by atoms with E-state index in [-0.39, 0.29) is 18.1 Å². The van der Waals surface area contributed by atoms with Crippen LogP contribution in [0.2, 0.25) is 10.0 Å². The van der Waals surface area contributed by atoms with Crippen molar-refractivity contribution in [1.82, 2.24) is 0 Å². The van der Waals surface area contributed by atoms with Gasteiger partial charge < -0.3 is 16.3 Å². The second-order valence-electron chi connectivity index (χ2n) is 4.24. The van der Waals surface area contributed by atoms with Gasteiger partial charge >= 0.3 is 0 Å². The van der Waals surface area contributed by atoms with Crippen molar-refractivity contribution in [2.45, 2.75) is 6.54 Å². The number of oxime groups is 1. The quantitative estimate of drug-likeness (QED) is 0.346. The zero-order valence-electron chi connectivity index (χ0n) is 10.8. The van der Waals surface area contributed by atoms with Crippen molar-refractivity contribution in [1.29, 1.82) is 0 Å². The first-order valence-electron chi connectivity index (χ1n) is 5.97. The molecule has 7 heteroatoms. The molecule has 0 unspecified atom stereocenters. The standard InChI is InChI=1S/C14H12Cl2FN3O/c15-10-2-1-3-12(17)13(10)19-7-9-5-4-8(6-11(9)16)14(18)20-21/h1-6,19,21H,7H2,(H2,18,20). The maximum atomic E-state index is 13.6. The van der Waals surface area contributed by atoms with Crippen LogP contribution < -0.4 is 11.1 Å². The number of benzene rings is 2. The molecule has 0 aromatic heterocycles. The van der Waals surface area contributed by atoms with Crippen molar-refractivity contribution in [3.63, 3.8) is 0 Å². The van der Waals surface area contributed by atoms with E-state index < -0.39 is 5.82 Å². The summed E-state index contributed by atoms with van der Waals surface area (Å²) >= 11 is 12.0. The van der Waals surface area contributed by atoms with E-state index in [0.29, 0.717) is 15.6 Å². The van der Waals surface area contributed by atoms with Gasteiger partial charge in [0.25, 0.3) is 0 Å². The molecule has 4 N–H and O–H groups in total. The molecule has 0 saturated carbocycles. The van der Waals surface area contributed by atoms with E-state index in [1.54, 1.807) is 24.3 Å². The minimum absolute atomic E-state index is 0.0337. The summed E-state index contributed by atoms with van der Waals surface area (Å²) in [6.07, 6.45) is 0. The van der Waals surface area contributed by atoms with E-state index in [2.05, 4.69) is 10.5 Å². The molecule has 0 aliphatic rings. The Balaban J connectivity index is 2.18. The lowest BCUT2D eigenvalue weighted by Crippen LogP contribution is -2.13. The van der Waals surface area contributed by atoms with Crippen LogP contribution in [0.15, 0.2) is 41.6 Å². The van der Waals surface area contributed by atoms with Crippen LogP contribution in [0.5, 0.6) is 0 Å². The predicted molar refractivity (Wildman–Crippen MR) is 82.7 cm³/mol.